The van der Waals surface area contributed by atoms with Gasteiger partial charge < -0.3 is 0 Å². The van der Waals surface area contributed by atoms with Crippen LogP contribution in [0.3, 0.4) is 0 Å². The summed E-state index contributed by atoms with van der Waals surface area (Å²) in [5.74, 6) is -34.0. The molecule has 0 radical (unpaired) electrons. The predicted octanol–water partition coefficient (Wildman–Crippen LogP) is 6.38. The Kier molecular flexibility index (Phi) is 6.55. The van der Waals surface area contributed by atoms with Crippen LogP contribution in [0.5, 0.6) is 0 Å². The first kappa shape index (κ1) is 28.4. The van der Waals surface area contributed by atoms with Crippen LogP contribution in [0.15, 0.2) is 0 Å². The van der Waals surface area contributed by atoms with Gasteiger partial charge in [0.05, 0.1) is 0 Å². The van der Waals surface area contributed by atoms with E-state index >= 15 is 0 Å². The number of hydrogen-bond acceptors (Lipinski definition) is 0. The molecule has 29 heavy (non-hydrogen) atoms. The molecule has 0 atom stereocenters. The normalized spacial score (nSPS) is 17.5. The zero-order valence-corrected chi connectivity index (χ0v) is 14.3. The van der Waals surface area contributed by atoms with Crippen molar-refractivity contribution < 1.29 is 84.8 Å². The van der Waals surface area contributed by atoms with Gasteiger partial charge in [-0.3, -0.25) is 0 Å². The zero-order valence-electron chi connectivity index (χ0n) is 12.0. The summed E-state index contributed by atoms with van der Waals surface area (Å²) < 4.78 is 232. The van der Waals surface area contributed by atoms with E-state index in [4.69, 9.17) is 0 Å². The van der Waals surface area contributed by atoms with E-state index in [-0.39, 0.29) is 0 Å². The number of alkyl halides is 18. The minimum atomic E-state index is -11.6. The van der Waals surface area contributed by atoms with Gasteiger partial charge in [0, 0.05) is 0 Å². The Morgan fingerprint density at radius 2 is 0.483 bits per heavy atom. The minimum absolute atomic E-state index is 7.90. The summed E-state index contributed by atoms with van der Waals surface area (Å²) in [6, 6.07) is 0. The van der Waals surface area contributed by atoms with Crippen molar-refractivity contribution in [1.29, 1.82) is 0 Å². The molecule has 21 heteroatoms. The summed E-state index contributed by atoms with van der Waals surface area (Å²) in [4.78, 5) is 0. The Balaban J connectivity index is 6.82. The van der Waals surface area contributed by atoms with Gasteiger partial charge in [-0.05, 0) is 0 Å². The summed E-state index contributed by atoms with van der Waals surface area (Å²) >= 11 is -11.6. The molecule has 0 rings (SSSR count). The molecule has 0 heterocycles. The fourth-order valence-corrected chi connectivity index (χ4v) is 4.69. The Morgan fingerprint density at radius 3 is 0.621 bits per heavy atom. The van der Waals surface area contributed by atoms with Crippen LogP contribution in [0.4, 0.5) is 84.8 Å². The zero-order chi connectivity index (χ0) is 24.5. The van der Waals surface area contributed by atoms with Crippen LogP contribution in [0.25, 0.3) is 0 Å². The summed E-state index contributed by atoms with van der Waals surface area (Å²) in [6.07, 6.45) is -15.8. The van der Waals surface area contributed by atoms with Crippen molar-refractivity contribution in [2.24, 2.45) is 0 Å². The fourth-order valence-electron chi connectivity index (χ4n) is 1.20. The topological polar surface area (TPSA) is 0 Å². The van der Waals surface area contributed by atoms with Gasteiger partial charge in [-0.25, -0.2) is 0 Å². The van der Waals surface area contributed by atoms with E-state index in [2.05, 4.69) is 0 Å². The first-order valence-corrected chi connectivity index (χ1v) is 9.71. The van der Waals surface area contributed by atoms with Crippen molar-refractivity contribution in [3.63, 3.8) is 0 Å². The van der Waals surface area contributed by atoms with Crippen LogP contribution in [0, 0.1) is 0 Å². The fraction of sp³-hybridized carbons (Fsp3) is 1.00. The molecule has 0 aromatic rings. The van der Waals surface area contributed by atoms with Gasteiger partial charge in [0.25, 0.3) is 0 Å². The molecular formula is C8F20Te. The molecule has 0 amide bonds. The van der Waals surface area contributed by atoms with Crippen LogP contribution < -0.4 is 0 Å². The van der Waals surface area contributed by atoms with E-state index in [9.17, 15) is 84.8 Å². The van der Waals surface area contributed by atoms with E-state index < -0.39 is 63.3 Å². The summed E-state index contributed by atoms with van der Waals surface area (Å²) in [5, 5.41) is 0. The molecule has 0 aromatic carbocycles. The molecule has 0 aliphatic rings. The van der Waals surface area contributed by atoms with Gasteiger partial charge in [-0.2, -0.15) is 0 Å². The molecule has 0 unspecified atom stereocenters. The van der Waals surface area contributed by atoms with Gasteiger partial charge in [0.2, 0.25) is 0 Å². The summed E-state index contributed by atoms with van der Waals surface area (Å²) in [7, 11) is 0. The SMILES string of the molecule is FC(F)(F)C(F)(F)C(F)(F)C(F)(F)[Te](F)(F)C(F)(F)C(F)(F)C(F)(F)C(F)(F)F. The van der Waals surface area contributed by atoms with Crippen molar-refractivity contribution in [2.75, 3.05) is 0 Å². The van der Waals surface area contributed by atoms with Gasteiger partial charge in [-0.15, -0.1) is 0 Å². The van der Waals surface area contributed by atoms with Gasteiger partial charge in [-0.1, -0.05) is 0 Å². The second-order valence-electron chi connectivity index (χ2n) is 4.80. The maximum absolute atomic E-state index is 13.1. The Hall–Kier alpha value is -0.610. The van der Waals surface area contributed by atoms with Crippen LogP contribution in [0.1, 0.15) is 0 Å². The average molecular weight is 604 g/mol. The molecule has 0 fully saturated rings. The van der Waals surface area contributed by atoms with Crippen molar-refractivity contribution in [1.82, 2.24) is 0 Å². The Morgan fingerprint density at radius 1 is 0.310 bits per heavy atom. The number of halogens is 20. The van der Waals surface area contributed by atoms with Crippen molar-refractivity contribution >= 4 is 19.3 Å². The van der Waals surface area contributed by atoms with Crippen LogP contribution in [-0.4, -0.2) is 63.3 Å². The van der Waals surface area contributed by atoms with E-state index in [0.29, 0.717) is 0 Å². The van der Waals surface area contributed by atoms with Gasteiger partial charge in [0.1, 0.15) is 0 Å². The molecule has 178 valence electrons. The predicted molar refractivity (Wildman–Crippen MR) is 49.8 cm³/mol. The molecule has 0 aliphatic heterocycles. The first-order valence-electron chi connectivity index (χ1n) is 5.62. The molecule has 0 aliphatic carbocycles. The van der Waals surface area contributed by atoms with Crippen molar-refractivity contribution in [2.45, 2.75) is 44.0 Å². The van der Waals surface area contributed by atoms with Crippen molar-refractivity contribution in [3.05, 3.63) is 0 Å². The molecule has 0 bridgehead atoms. The second-order valence-corrected chi connectivity index (χ2v) is 10.4. The second kappa shape index (κ2) is 6.69. The van der Waals surface area contributed by atoms with E-state index in [0.717, 1.165) is 0 Å². The third-order valence-corrected chi connectivity index (χ3v) is 8.01. The maximum atomic E-state index is 13.1. The third-order valence-electron chi connectivity index (χ3n) is 2.88. The Bertz CT molecular complexity index is 553. The summed E-state index contributed by atoms with van der Waals surface area (Å²) in [5.41, 5.74) is 0. The average Bonchev–Trinajstić information content (AvgIpc) is 2.43. The molecule has 0 saturated carbocycles. The van der Waals surface area contributed by atoms with Crippen LogP contribution in [-0.2, 0) is 0 Å². The number of rotatable bonds is 6. The van der Waals surface area contributed by atoms with E-state index in [1.807, 2.05) is 0 Å². The standard InChI is InChI=1S/C8F20Te/c9-1(10,5(17,18)19)3(13,14)7(23,24)29(27,28)8(25,26)4(15,16)2(11,12)6(20,21)22. The van der Waals surface area contributed by atoms with E-state index in [1.165, 1.54) is 0 Å². The third kappa shape index (κ3) is 3.46. The molecule has 0 N–H and O–H groups in total. The quantitative estimate of drug-likeness (QED) is 0.244. The van der Waals surface area contributed by atoms with Crippen molar-refractivity contribution in [3.8, 4) is 0 Å². The monoisotopic (exact) mass is 606 g/mol. The summed E-state index contributed by atoms with van der Waals surface area (Å²) in [6.45, 7) is 0. The van der Waals surface area contributed by atoms with Crippen LogP contribution >= 0.6 is 0 Å². The van der Waals surface area contributed by atoms with Gasteiger partial charge in [0.15, 0.2) is 0 Å². The molecular weight excluding hydrogens is 604 g/mol. The molecule has 0 aromatic heterocycles. The number of hydrogen-bond donors (Lipinski definition) is 0. The molecule has 0 spiro atoms. The molecule has 0 saturated heterocycles. The van der Waals surface area contributed by atoms with Gasteiger partial charge >= 0.3 is 148 Å². The first-order chi connectivity index (χ1) is 12.0. The molecule has 0 nitrogen and oxygen atoms in total. The Labute approximate surface area is 149 Å². The van der Waals surface area contributed by atoms with Crippen LogP contribution in [0.2, 0.25) is 0 Å². The van der Waals surface area contributed by atoms with E-state index in [1.54, 1.807) is 0 Å².